The molecule has 1 N–H and O–H groups in total. The van der Waals surface area contributed by atoms with Gasteiger partial charge in [-0.25, -0.2) is 0 Å². The standard InChI is InChI=1S/C18H19N5O/c1-3-23(2)17-15-7-5-4-6-14(15)16(21-22-17)18(24)20-12-13-8-10-19-11-9-13/h4-11H,3,12H2,1-2H3,(H,20,24). The summed E-state index contributed by atoms with van der Waals surface area (Å²) in [5.41, 5.74) is 1.32. The summed E-state index contributed by atoms with van der Waals surface area (Å²) in [7, 11) is 1.96. The second-order valence-corrected chi connectivity index (χ2v) is 5.47. The molecule has 1 amide bonds. The van der Waals surface area contributed by atoms with E-state index in [-0.39, 0.29) is 5.91 Å². The molecule has 0 atom stereocenters. The zero-order valence-corrected chi connectivity index (χ0v) is 13.7. The molecule has 0 unspecified atom stereocenters. The predicted octanol–water partition coefficient (Wildman–Crippen LogP) is 2.41. The van der Waals surface area contributed by atoms with Gasteiger partial charge in [0.15, 0.2) is 11.5 Å². The normalized spacial score (nSPS) is 10.6. The number of aromatic nitrogens is 3. The lowest BCUT2D eigenvalue weighted by Gasteiger charge is -2.17. The van der Waals surface area contributed by atoms with Crippen molar-refractivity contribution in [2.24, 2.45) is 0 Å². The zero-order chi connectivity index (χ0) is 16.9. The van der Waals surface area contributed by atoms with Crippen LogP contribution in [0, 0.1) is 0 Å². The number of hydrogen-bond acceptors (Lipinski definition) is 5. The first kappa shape index (κ1) is 15.9. The Morgan fingerprint density at radius 3 is 2.50 bits per heavy atom. The average Bonchev–Trinajstić information content (AvgIpc) is 2.65. The number of carbonyl (C=O) groups is 1. The summed E-state index contributed by atoms with van der Waals surface area (Å²) in [6.07, 6.45) is 3.40. The summed E-state index contributed by atoms with van der Waals surface area (Å²) in [5.74, 6) is 0.542. The molecule has 3 rings (SSSR count). The summed E-state index contributed by atoms with van der Waals surface area (Å²) in [6.45, 7) is 3.28. The van der Waals surface area contributed by atoms with Gasteiger partial charge in [-0.2, -0.15) is 0 Å². The molecule has 0 spiro atoms. The van der Waals surface area contributed by atoms with Gasteiger partial charge in [0.2, 0.25) is 0 Å². The fourth-order valence-corrected chi connectivity index (χ4v) is 2.46. The molecule has 0 aliphatic rings. The largest absolute Gasteiger partial charge is 0.358 e. The maximum atomic E-state index is 12.5. The minimum atomic E-state index is -0.235. The van der Waals surface area contributed by atoms with E-state index in [2.05, 4.69) is 20.5 Å². The smallest absolute Gasteiger partial charge is 0.272 e. The van der Waals surface area contributed by atoms with Gasteiger partial charge in [-0.05, 0) is 24.6 Å². The monoisotopic (exact) mass is 321 g/mol. The lowest BCUT2D eigenvalue weighted by atomic mass is 10.1. The Morgan fingerprint density at radius 2 is 1.79 bits per heavy atom. The van der Waals surface area contributed by atoms with E-state index < -0.39 is 0 Å². The molecule has 0 saturated carbocycles. The van der Waals surface area contributed by atoms with Crippen LogP contribution in [-0.2, 0) is 6.54 Å². The summed E-state index contributed by atoms with van der Waals surface area (Å²) >= 11 is 0. The zero-order valence-electron chi connectivity index (χ0n) is 13.7. The second-order valence-electron chi connectivity index (χ2n) is 5.47. The Hall–Kier alpha value is -3.02. The molecule has 1 aromatic carbocycles. The molecule has 2 aromatic heterocycles. The van der Waals surface area contributed by atoms with Crippen molar-refractivity contribution in [2.75, 3.05) is 18.5 Å². The van der Waals surface area contributed by atoms with Crippen molar-refractivity contribution in [3.63, 3.8) is 0 Å². The third-order valence-corrected chi connectivity index (χ3v) is 3.92. The average molecular weight is 321 g/mol. The number of nitrogens with zero attached hydrogens (tertiary/aromatic N) is 4. The Labute approximate surface area is 140 Å². The highest BCUT2D eigenvalue weighted by Crippen LogP contribution is 2.25. The Bertz CT molecular complexity index is 850. The molecule has 0 radical (unpaired) electrons. The Kier molecular flexibility index (Phi) is 4.65. The third-order valence-electron chi connectivity index (χ3n) is 3.92. The molecule has 0 aliphatic carbocycles. The van der Waals surface area contributed by atoms with Gasteiger partial charge in [0.25, 0.3) is 5.91 Å². The van der Waals surface area contributed by atoms with E-state index in [1.807, 2.05) is 55.3 Å². The first-order chi connectivity index (χ1) is 11.7. The number of pyridine rings is 1. The van der Waals surface area contributed by atoms with Gasteiger partial charge in [-0.1, -0.05) is 24.3 Å². The van der Waals surface area contributed by atoms with E-state index in [1.54, 1.807) is 12.4 Å². The molecule has 0 fully saturated rings. The van der Waals surface area contributed by atoms with Crippen LogP contribution < -0.4 is 10.2 Å². The minimum absolute atomic E-state index is 0.235. The van der Waals surface area contributed by atoms with E-state index in [1.165, 1.54) is 0 Å². The van der Waals surface area contributed by atoms with E-state index >= 15 is 0 Å². The highest BCUT2D eigenvalue weighted by atomic mass is 16.1. The highest BCUT2D eigenvalue weighted by molar-refractivity contribution is 6.07. The van der Waals surface area contributed by atoms with Crippen molar-refractivity contribution in [2.45, 2.75) is 13.5 Å². The van der Waals surface area contributed by atoms with Crippen LogP contribution in [0.4, 0.5) is 5.82 Å². The fraction of sp³-hybridized carbons (Fsp3) is 0.222. The van der Waals surface area contributed by atoms with Crippen molar-refractivity contribution >= 4 is 22.5 Å². The quantitative estimate of drug-likeness (QED) is 0.781. The molecule has 24 heavy (non-hydrogen) atoms. The number of amides is 1. The predicted molar refractivity (Wildman–Crippen MR) is 93.9 cm³/mol. The van der Waals surface area contributed by atoms with Crippen molar-refractivity contribution < 1.29 is 4.79 Å². The van der Waals surface area contributed by atoms with Gasteiger partial charge < -0.3 is 10.2 Å². The van der Waals surface area contributed by atoms with Gasteiger partial charge in [0, 0.05) is 43.3 Å². The van der Waals surface area contributed by atoms with Gasteiger partial charge >= 0.3 is 0 Å². The molecule has 6 heteroatoms. The van der Waals surface area contributed by atoms with Crippen LogP contribution in [0.5, 0.6) is 0 Å². The van der Waals surface area contributed by atoms with Crippen LogP contribution in [0.2, 0.25) is 0 Å². The molecule has 6 nitrogen and oxygen atoms in total. The number of rotatable bonds is 5. The summed E-state index contributed by atoms with van der Waals surface area (Å²) in [4.78, 5) is 18.5. The molecule has 2 heterocycles. The van der Waals surface area contributed by atoms with E-state index in [0.29, 0.717) is 12.2 Å². The maximum absolute atomic E-state index is 12.5. The summed E-state index contributed by atoms with van der Waals surface area (Å²) < 4.78 is 0. The number of nitrogens with one attached hydrogen (secondary N) is 1. The van der Waals surface area contributed by atoms with Gasteiger partial charge in [-0.15, -0.1) is 10.2 Å². The fourth-order valence-electron chi connectivity index (χ4n) is 2.46. The topological polar surface area (TPSA) is 71.0 Å². The number of anilines is 1. The van der Waals surface area contributed by atoms with Crippen molar-refractivity contribution in [1.29, 1.82) is 0 Å². The number of hydrogen-bond donors (Lipinski definition) is 1. The molecule has 0 saturated heterocycles. The first-order valence-electron chi connectivity index (χ1n) is 7.84. The van der Waals surface area contributed by atoms with E-state index in [4.69, 9.17) is 0 Å². The van der Waals surface area contributed by atoms with Crippen molar-refractivity contribution in [3.8, 4) is 0 Å². The van der Waals surface area contributed by atoms with Crippen LogP contribution in [0.1, 0.15) is 23.0 Å². The van der Waals surface area contributed by atoms with Gasteiger partial charge in [-0.3, -0.25) is 9.78 Å². The lowest BCUT2D eigenvalue weighted by molar-refractivity contribution is 0.0947. The van der Waals surface area contributed by atoms with E-state index in [0.717, 1.165) is 28.7 Å². The minimum Gasteiger partial charge on any atom is -0.358 e. The molecule has 0 bridgehead atoms. The van der Waals surface area contributed by atoms with Crippen LogP contribution in [0.15, 0.2) is 48.8 Å². The van der Waals surface area contributed by atoms with Gasteiger partial charge in [0.05, 0.1) is 0 Å². The number of benzene rings is 1. The van der Waals surface area contributed by atoms with Gasteiger partial charge in [0.1, 0.15) is 0 Å². The molecular weight excluding hydrogens is 302 g/mol. The number of fused-ring (bicyclic) bond motifs is 1. The van der Waals surface area contributed by atoms with E-state index in [9.17, 15) is 4.79 Å². The van der Waals surface area contributed by atoms with Crippen molar-refractivity contribution in [3.05, 3.63) is 60.0 Å². The number of carbonyl (C=O) groups excluding carboxylic acids is 1. The molecule has 3 aromatic rings. The molecular formula is C18H19N5O. The van der Waals surface area contributed by atoms with Crippen LogP contribution >= 0.6 is 0 Å². The first-order valence-corrected chi connectivity index (χ1v) is 7.84. The lowest BCUT2D eigenvalue weighted by Crippen LogP contribution is -2.25. The maximum Gasteiger partial charge on any atom is 0.272 e. The summed E-state index contributed by atoms with van der Waals surface area (Å²) in [5, 5.41) is 13.0. The highest BCUT2D eigenvalue weighted by Gasteiger charge is 2.16. The SMILES string of the molecule is CCN(C)c1nnc(C(=O)NCc2ccncc2)c2ccccc12. The van der Waals surface area contributed by atoms with Crippen LogP contribution in [0.3, 0.4) is 0 Å². The second kappa shape index (κ2) is 7.04. The van der Waals surface area contributed by atoms with Crippen LogP contribution in [0.25, 0.3) is 10.8 Å². The summed E-state index contributed by atoms with van der Waals surface area (Å²) in [6, 6.07) is 11.4. The molecule has 122 valence electrons. The Morgan fingerprint density at radius 1 is 1.08 bits per heavy atom. The molecule has 0 aliphatic heterocycles. The Balaban J connectivity index is 1.91. The third kappa shape index (κ3) is 3.17. The van der Waals surface area contributed by atoms with Crippen LogP contribution in [-0.4, -0.2) is 34.7 Å². The van der Waals surface area contributed by atoms with Crippen molar-refractivity contribution in [1.82, 2.24) is 20.5 Å².